The number of ether oxygens (including phenoxy) is 1. The van der Waals surface area contributed by atoms with Gasteiger partial charge in [0.05, 0.1) is 28.3 Å². The molecule has 3 amide bonds. The summed E-state index contributed by atoms with van der Waals surface area (Å²) in [5.41, 5.74) is 6.04. The number of carbonyl (C=O) groups excluding carboxylic acids is 3. The van der Waals surface area contributed by atoms with Gasteiger partial charge in [0.15, 0.2) is 0 Å². The van der Waals surface area contributed by atoms with Gasteiger partial charge in [-0.2, -0.15) is 0 Å². The minimum absolute atomic E-state index is 0.0414. The van der Waals surface area contributed by atoms with Gasteiger partial charge in [-0.15, -0.1) is 11.3 Å². The molecule has 1 fully saturated rings. The molecule has 3 atom stereocenters. The monoisotopic (exact) mass is 590 g/mol. The average molecular weight is 591 g/mol. The Morgan fingerprint density at radius 3 is 2.60 bits per heavy atom. The van der Waals surface area contributed by atoms with Crippen molar-refractivity contribution in [2.45, 2.75) is 78.4 Å². The molecule has 222 valence electrons. The minimum atomic E-state index is -0.845. The number of nitrogens with one attached hydrogen (secondary N) is 1. The van der Waals surface area contributed by atoms with Crippen molar-refractivity contribution < 1.29 is 24.2 Å². The summed E-state index contributed by atoms with van der Waals surface area (Å²) in [6.07, 6.45) is -0.760. The van der Waals surface area contributed by atoms with Crippen molar-refractivity contribution in [1.29, 1.82) is 0 Å². The van der Waals surface area contributed by atoms with Crippen LogP contribution in [0.4, 0.5) is 0 Å². The number of aromatic nitrogens is 1. The van der Waals surface area contributed by atoms with Gasteiger partial charge in [-0.05, 0) is 49.9 Å². The van der Waals surface area contributed by atoms with Gasteiger partial charge in [-0.3, -0.25) is 14.4 Å². The number of aliphatic hydroxyl groups is 1. The van der Waals surface area contributed by atoms with Crippen LogP contribution < -0.4 is 10.1 Å². The SMILES string of the molecule is Cc1ncsc1-c1ccc(CNC(=O)[C@@H]2C[C@@H](O)CN2C(=O)[C@H](C(C)C)N2Cc3ccccc3C2=O)c(OC(C)C)c1. The zero-order chi connectivity index (χ0) is 30.1. The van der Waals surface area contributed by atoms with Gasteiger partial charge in [0.1, 0.15) is 17.8 Å². The first-order chi connectivity index (χ1) is 20.0. The zero-order valence-corrected chi connectivity index (χ0v) is 25.5. The van der Waals surface area contributed by atoms with Crippen molar-refractivity contribution in [3.8, 4) is 16.2 Å². The standard InChI is InChI=1S/C32H38N4O5S/c1-18(2)28(36-15-23-8-6-7-9-25(23)31(36)39)32(40)35-16-24(37)13-26(35)30(38)33-14-22-11-10-21(12-27(22)41-19(3)4)29-20(5)34-17-42-29/h6-12,17-19,24,26,28,37H,13-16H2,1-5H3,(H,33,38)/t24-,26+,28+/m1/s1. The zero-order valence-electron chi connectivity index (χ0n) is 24.7. The molecule has 42 heavy (non-hydrogen) atoms. The molecule has 3 heterocycles. The lowest BCUT2D eigenvalue weighted by molar-refractivity contribution is -0.143. The fourth-order valence-electron chi connectivity index (χ4n) is 5.84. The van der Waals surface area contributed by atoms with Gasteiger partial charge in [0.25, 0.3) is 5.91 Å². The van der Waals surface area contributed by atoms with E-state index in [4.69, 9.17) is 4.74 Å². The van der Waals surface area contributed by atoms with Crippen LogP contribution >= 0.6 is 11.3 Å². The molecule has 3 aromatic rings. The Morgan fingerprint density at radius 2 is 1.93 bits per heavy atom. The van der Waals surface area contributed by atoms with Crippen molar-refractivity contribution in [2.24, 2.45) is 5.92 Å². The molecule has 0 radical (unpaired) electrons. The van der Waals surface area contributed by atoms with Crippen LogP contribution in [0.2, 0.25) is 0 Å². The highest BCUT2D eigenvalue weighted by molar-refractivity contribution is 7.13. The van der Waals surface area contributed by atoms with Crippen LogP contribution in [0, 0.1) is 12.8 Å². The molecule has 5 rings (SSSR count). The third kappa shape index (κ3) is 5.91. The van der Waals surface area contributed by atoms with Crippen molar-refractivity contribution in [3.63, 3.8) is 0 Å². The average Bonchev–Trinajstić information content (AvgIpc) is 3.64. The van der Waals surface area contributed by atoms with Gasteiger partial charge in [-0.1, -0.05) is 44.2 Å². The van der Waals surface area contributed by atoms with E-state index in [-0.39, 0.29) is 49.3 Å². The predicted octanol–water partition coefficient (Wildman–Crippen LogP) is 4.16. The molecule has 0 aliphatic carbocycles. The smallest absolute Gasteiger partial charge is 0.255 e. The van der Waals surface area contributed by atoms with E-state index in [0.717, 1.165) is 27.3 Å². The minimum Gasteiger partial charge on any atom is -0.491 e. The predicted molar refractivity (Wildman–Crippen MR) is 161 cm³/mol. The maximum atomic E-state index is 14.0. The highest BCUT2D eigenvalue weighted by atomic mass is 32.1. The topological polar surface area (TPSA) is 112 Å². The van der Waals surface area contributed by atoms with Gasteiger partial charge in [-0.25, -0.2) is 4.98 Å². The molecule has 2 aliphatic rings. The number of thiazole rings is 1. The Kier molecular flexibility index (Phi) is 8.65. The van der Waals surface area contributed by atoms with E-state index < -0.39 is 18.2 Å². The van der Waals surface area contributed by atoms with Crippen LogP contribution in [-0.2, 0) is 22.7 Å². The summed E-state index contributed by atoms with van der Waals surface area (Å²) in [4.78, 5) is 49.2. The molecular formula is C32H38N4O5S. The normalized spacial score (nSPS) is 19.0. The molecule has 2 aliphatic heterocycles. The van der Waals surface area contributed by atoms with Crippen LogP contribution in [0.1, 0.15) is 61.3 Å². The molecular weight excluding hydrogens is 552 g/mol. The number of amides is 3. The molecule has 0 bridgehead atoms. The van der Waals surface area contributed by atoms with Gasteiger partial charge >= 0.3 is 0 Å². The Labute approximate surface area is 250 Å². The molecule has 0 spiro atoms. The number of hydrogen-bond acceptors (Lipinski definition) is 7. The highest BCUT2D eigenvalue weighted by Crippen LogP contribution is 2.33. The maximum absolute atomic E-state index is 14.0. The number of aryl methyl sites for hydroxylation is 1. The number of benzene rings is 2. The van der Waals surface area contributed by atoms with Gasteiger partial charge in [0.2, 0.25) is 11.8 Å². The van der Waals surface area contributed by atoms with Crippen LogP contribution in [0.15, 0.2) is 48.0 Å². The van der Waals surface area contributed by atoms with Crippen molar-refractivity contribution >= 4 is 29.1 Å². The lowest BCUT2D eigenvalue weighted by Gasteiger charge is -2.35. The number of carbonyl (C=O) groups is 3. The molecule has 1 saturated heterocycles. The van der Waals surface area contributed by atoms with E-state index >= 15 is 0 Å². The highest BCUT2D eigenvalue weighted by Gasteiger charge is 2.45. The Bertz CT molecular complexity index is 1490. The number of β-amino-alcohol motifs (C(OH)–C–C–N with tert-alkyl or cyclic N) is 1. The Morgan fingerprint density at radius 1 is 1.17 bits per heavy atom. The molecule has 9 nitrogen and oxygen atoms in total. The first kappa shape index (κ1) is 29.7. The molecule has 2 N–H and O–H groups in total. The number of hydrogen-bond donors (Lipinski definition) is 2. The quantitative estimate of drug-likeness (QED) is 0.387. The summed E-state index contributed by atoms with van der Waals surface area (Å²) in [6, 6.07) is 11.7. The first-order valence-corrected chi connectivity index (χ1v) is 15.3. The van der Waals surface area contributed by atoms with Crippen molar-refractivity contribution in [1.82, 2.24) is 20.1 Å². The maximum Gasteiger partial charge on any atom is 0.255 e. The van der Waals surface area contributed by atoms with Crippen molar-refractivity contribution in [3.05, 3.63) is 70.4 Å². The van der Waals surface area contributed by atoms with Crippen LogP contribution in [0.25, 0.3) is 10.4 Å². The molecule has 0 unspecified atom stereocenters. The van der Waals surface area contributed by atoms with E-state index in [1.54, 1.807) is 22.3 Å². The Balaban J connectivity index is 1.32. The second-order valence-corrected chi connectivity index (χ2v) is 12.5. The summed E-state index contributed by atoms with van der Waals surface area (Å²) in [5, 5.41) is 13.5. The van der Waals surface area contributed by atoms with E-state index in [9.17, 15) is 19.5 Å². The van der Waals surface area contributed by atoms with E-state index in [1.807, 2.05) is 76.5 Å². The van der Waals surface area contributed by atoms with E-state index in [2.05, 4.69) is 10.3 Å². The number of fused-ring (bicyclic) bond motifs is 1. The third-order valence-corrected chi connectivity index (χ3v) is 8.80. The summed E-state index contributed by atoms with van der Waals surface area (Å²) in [7, 11) is 0. The van der Waals surface area contributed by atoms with Crippen molar-refractivity contribution in [2.75, 3.05) is 6.54 Å². The second kappa shape index (κ2) is 12.2. The van der Waals surface area contributed by atoms with Gasteiger partial charge < -0.3 is 25.0 Å². The Hall–Kier alpha value is -3.76. The molecule has 10 heteroatoms. The van der Waals surface area contributed by atoms with Gasteiger partial charge in [0, 0.05) is 37.2 Å². The summed E-state index contributed by atoms with van der Waals surface area (Å²) < 4.78 is 6.10. The largest absolute Gasteiger partial charge is 0.491 e. The molecule has 1 aromatic heterocycles. The number of nitrogens with zero attached hydrogens (tertiary/aromatic N) is 3. The lowest BCUT2D eigenvalue weighted by Crippen LogP contribution is -2.55. The van der Waals surface area contributed by atoms with E-state index in [1.165, 1.54) is 4.90 Å². The van der Waals surface area contributed by atoms with Crippen LogP contribution in [0.5, 0.6) is 5.75 Å². The summed E-state index contributed by atoms with van der Waals surface area (Å²) in [5.74, 6) is -0.379. The second-order valence-electron chi connectivity index (χ2n) is 11.6. The molecule has 2 aromatic carbocycles. The number of likely N-dealkylation sites (tertiary alicyclic amines) is 1. The summed E-state index contributed by atoms with van der Waals surface area (Å²) in [6.45, 7) is 10.2. The first-order valence-electron chi connectivity index (χ1n) is 14.4. The van der Waals surface area contributed by atoms with E-state index in [0.29, 0.717) is 17.9 Å². The van der Waals surface area contributed by atoms with Crippen LogP contribution in [-0.4, -0.2) is 68.4 Å². The number of aliphatic hydroxyl groups excluding tert-OH is 1. The fraction of sp³-hybridized carbons (Fsp3) is 0.438. The lowest BCUT2D eigenvalue weighted by atomic mass is 10.0. The summed E-state index contributed by atoms with van der Waals surface area (Å²) >= 11 is 1.56. The number of rotatable bonds is 9. The van der Waals surface area contributed by atoms with Crippen LogP contribution in [0.3, 0.4) is 0 Å². The third-order valence-electron chi connectivity index (χ3n) is 7.82. The molecule has 0 saturated carbocycles. The fourth-order valence-corrected chi connectivity index (χ4v) is 6.64.